The van der Waals surface area contributed by atoms with Crippen LogP contribution in [0.4, 0.5) is 11.4 Å². The summed E-state index contributed by atoms with van der Waals surface area (Å²) in [5.74, 6) is -0.365. The molecule has 0 aliphatic carbocycles. The Labute approximate surface area is 167 Å². The minimum atomic E-state index is -0.489. The predicted octanol–water partition coefficient (Wildman–Crippen LogP) is 3.38. The molecule has 148 valence electrons. The number of benzene rings is 2. The highest BCUT2D eigenvalue weighted by Crippen LogP contribution is 2.22. The molecule has 1 N–H and O–H groups in total. The lowest BCUT2D eigenvalue weighted by Gasteiger charge is -2.13. The topological polar surface area (TPSA) is 107 Å². The average molecular weight is 392 g/mol. The molecule has 3 aromatic rings. The van der Waals surface area contributed by atoms with E-state index in [2.05, 4.69) is 10.4 Å². The lowest BCUT2D eigenvalue weighted by atomic mass is 10.1. The molecule has 0 bridgehead atoms. The van der Waals surface area contributed by atoms with Crippen LogP contribution >= 0.6 is 0 Å². The van der Waals surface area contributed by atoms with E-state index in [1.54, 1.807) is 12.1 Å². The first-order valence-corrected chi connectivity index (χ1v) is 8.95. The zero-order chi connectivity index (χ0) is 21.1. The molecule has 0 aliphatic heterocycles. The first-order chi connectivity index (χ1) is 13.7. The molecule has 0 saturated heterocycles. The summed E-state index contributed by atoms with van der Waals surface area (Å²) in [5, 5.41) is 17.9. The van der Waals surface area contributed by atoms with Crippen LogP contribution in [0, 0.1) is 30.9 Å². The van der Waals surface area contributed by atoms with Gasteiger partial charge in [0.15, 0.2) is 0 Å². The number of anilines is 1. The normalized spacial score (nSPS) is 10.6. The van der Waals surface area contributed by atoms with Gasteiger partial charge in [0.25, 0.3) is 11.2 Å². The van der Waals surface area contributed by atoms with Gasteiger partial charge in [0, 0.05) is 29.4 Å². The van der Waals surface area contributed by atoms with E-state index in [9.17, 15) is 19.7 Å². The van der Waals surface area contributed by atoms with E-state index in [0.717, 1.165) is 27.1 Å². The second kappa shape index (κ2) is 8.05. The SMILES string of the molecule is Cc1cc(C)c(NC(=O)Cn2nc(-c3ccc([N+](=O)[O-])cc3)ccc2=O)c(C)c1. The number of nitro groups is 1. The van der Waals surface area contributed by atoms with Crippen LogP contribution in [0.2, 0.25) is 0 Å². The number of nitro benzene ring substituents is 1. The maximum absolute atomic E-state index is 12.5. The molecule has 3 rings (SSSR count). The lowest BCUT2D eigenvalue weighted by molar-refractivity contribution is -0.384. The molecular formula is C21H20N4O4. The first kappa shape index (κ1) is 19.9. The molecule has 1 amide bonds. The van der Waals surface area contributed by atoms with E-state index in [-0.39, 0.29) is 18.1 Å². The summed E-state index contributed by atoms with van der Waals surface area (Å²) in [7, 11) is 0. The van der Waals surface area contributed by atoms with Crippen LogP contribution in [0.5, 0.6) is 0 Å². The highest BCUT2D eigenvalue weighted by molar-refractivity contribution is 5.92. The average Bonchev–Trinajstić information content (AvgIpc) is 2.66. The predicted molar refractivity (Wildman–Crippen MR) is 110 cm³/mol. The Morgan fingerprint density at radius 3 is 2.28 bits per heavy atom. The first-order valence-electron chi connectivity index (χ1n) is 8.95. The highest BCUT2D eigenvalue weighted by Gasteiger charge is 2.12. The fraction of sp³-hybridized carbons (Fsp3) is 0.190. The number of hydrogen-bond acceptors (Lipinski definition) is 5. The largest absolute Gasteiger partial charge is 0.324 e. The smallest absolute Gasteiger partial charge is 0.269 e. The van der Waals surface area contributed by atoms with Crippen LogP contribution in [0.15, 0.2) is 53.3 Å². The maximum atomic E-state index is 12.5. The minimum absolute atomic E-state index is 0.0368. The number of carbonyl (C=O) groups is 1. The summed E-state index contributed by atoms with van der Waals surface area (Å²) in [5.41, 5.74) is 4.30. The number of nitrogens with one attached hydrogen (secondary N) is 1. The van der Waals surface area contributed by atoms with Crippen LogP contribution in [-0.2, 0) is 11.3 Å². The summed E-state index contributed by atoms with van der Waals surface area (Å²) in [6.45, 7) is 5.57. The summed E-state index contributed by atoms with van der Waals surface area (Å²) in [6, 6.07) is 12.6. The van der Waals surface area contributed by atoms with Gasteiger partial charge in [0.1, 0.15) is 6.54 Å². The van der Waals surface area contributed by atoms with Gasteiger partial charge in [-0.25, -0.2) is 4.68 Å². The van der Waals surface area contributed by atoms with Gasteiger partial charge in [0.05, 0.1) is 10.6 Å². The molecule has 0 saturated carbocycles. The van der Waals surface area contributed by atoms with Gasteiger partial charge in [-0.1, -0.05) is 17.7 Å². The van der Waals surface area contributed by atoms with Crippen molar-refractivity contribution in [1.82, 2.24) is 9.78 Å². The monoisotopic (exact) mass is 392 g/mol. The van der Waals surface area contributed by atoms with E-state index in [4.69, 9.17) is 0 Å². The molecule has 0 atom stereocenters. The molecule has 1 heterocycles. The second-order valence-electron chi connectivity index (χ2n) is 6.84. The molecule has 29 heavy (non-hydrogen) atoms. The van der Waals surface area contributed by atoms with Crippen LogP contribution < -0.4 is 10.9 Å². The zero-order valence-electron chi connectivity index (χ0n) is 16.3. The zero-order valence-corrected chi connectivity index (χ0v) is 16.3. The van der Waals surface area contributed by atoms with Gasteiger partial charge in [-0.3, -0.25) is 19.7 Å². The summed E-state index contributed by atoms with van der Waals surface area (Å²) in [6.07, 6.45) is 0. The molecule has 0 spiro atoms. The molecule has 0 aliphatic rings. The van der Waals surface area contributed by atoms with Crippen molar-refractivity contribution >= 4 is 17.3 Å². The Kier molecular flexibility index (Phi) is 5.54. The number of carbonyl (C=O) groups excluding carboxylic acids is 1. The van der Waals surface area contributed by atoms with E-state index in [0.29, 0.717) is 11.3 Å². The Morgan fingerprint density at radius 2 is 1.69 bits per heavy atom. The molecule has 8 nitrogen and oxygen atoms in total. The second-order valence-corrected chi connectivity index (χ2v) is 6.84. The number of nitrogens with zero attached hydrogens (tertiary/aromatic N) is 3. The lowest BCUT2D eigenvalue weighted by Crippen LogP contribution is -2.29. The van der Waals surface area contributed by atoms with Crippen molar-refractivity contribution in [2.75, 3.05) is 5.32 Å². The van der Waals surface area contributed by atoms with E-state index in [1.807, 2.05) is 32.9 Å². The van der Waals surface area contributed by atoms with Gasteiger partial charge in [-0.05, 0) is 50.1 Å². The number of amides is 1. The van der Waals surface area contributed by atoms with Crippen LogP contribution in [0.1, 0.15) is 16.7 Å². The van der Waals surface area contributed by atoms with Gasteiger partial charge < -0.3 is 5.32 Å². The van der Waals surface area contributed by atoms with Gasteiger partial charge in [-0.15, -0.1) is 0 Å². The van der Waals surface area contributed by atoms with Crippen molar-refractivity contribution in [3.05, 3.63) is 85.7 Å². The summed E-state index contributed by atoms with van der Waals surface area (Å²) in [4.78, 5) is 34.9. The fourth-order valence-corrected chi connectivity index (χ4v) is 3.16. The molecule has 8 heteroatoms. The molecule has 0 radical (unpaired) electrons. The van der Waals surface area contributed by atoms with Gasteiger partial charge in [0.2, 0.25) is 5.91 Å². The van der Waals surface area contributed by atoms with Crippen molar-refractivity contribution in [2.45, 2.75) is 27.3 Å². The Balaban J connectivity index is 1.82. The number of aromatic nitrogens is 2. The molecule has 1 aromatic heterocycles. The Morgan fingerprint density at radius 1 is 1.07 bits per heavy atom. The van der Waals surface area contributed by atoms with Crippen molar-refractivity contribution in [2.24, 2.45) is 0 Å². The molecule has 2 aromatic carbocycles. The van der Waals surface area contributed by atoms with Crippen molar-refractivity contribution in [1.29, 1.82) is 0 Å². The summed E-state index contributed by atoms with van der Waals surface area (Å²) < 4.78 is 1.07. The maximum Gasteiger partial charge on any atom is 0.269 e. The number of hydrogen-bond donors (Lipinski definition) is 1. The van der Waals surface area contributed by atoms with Crippen LogP contribution in [-0.4, -0.2) is 20.6 Å². The molecule has 0 fully saturated rings. The quantitative estimate of drug-likeness (QED) is 0.529. The molecular weight excluding hydrogens is 372 g/mol. The van der Waals surface area contributed by atoms with Crippen molar-refractivity contribution < 1.29 is 9.72 Å². The number of aryl methyl sites for hydroxylation is 3. The number of rotatable bonds is 5. The van der Waals surface area contributed by atoms with E-state index >= 15 is 0 Å². The van der Waals surface area contributed by atoms with Crippen LogP contribution in [0.3, 0.4) is 0 Å². The van der Waals surface area contributed by atoms with Gasteiger partial charge >= 0.3 is 0 Å². The van der Waals surface area contributed by atoms with Crippen molar-refractivity contribution in [3.8, 4) is 11.3 Å². The van der Waals surface area contributed by atoms with Crippen LogP contribution in [0.25, 0.3) is 11.3 Å². The van der Waals surface area contributed by atoms with E-state index < -0.39 is 10.5 Å². The van der Waals surface area contributed by atoms with Gasteiger partial charge in [-0.2, -0.15) is 5.10 Å². The van der Waals surface area contributed by atoms with Crippen molar-refractivity contribution in [3.63, 3.8) is 0 Å². The Hall–Kier alpha value is -3.81. The third-order valence-electron chi connectivity index (χ3n) is 4.48. The highest BCUT2D eigenvalue weighted by atomic mass is 16.6. The molecule has 0 unspecified atom stereocenters. The fourth-order valence-electron chi connectivity index (χ4n) is 3.16. The third-order valence-corrected chi connectivity index (χ3v) is 4.48. The standard InChI is InChI=1S/C21H20N4O4/c1-13-10-14(2)21(15(3)11-13)22-19(26)12-24-20(27)9-8-18(23-24)16-4-6-17(7-5-16)25(28)29/h4-11H,12H2,1-3H3,(H,22,26). The van der Waals surface area contributed by atoms with E-state index in [1.165, 1.54) is 24.3 Å². The number of non-ortho nitro benzene ring substituents is 1. The Bertz CT molecular complexity index is 1130. The third kappa shape index (κ3) is 4.55. The summed E-state index contributed by atoms with van der Waals surface area (Å²) >= 11 is 0. The minimum Gasteiger partial charge on any atom is -0.324 e.